The Morgan fingerprint density at radius 2 is 1.96 bits per heavy atom. The normalized spacial score (nSPS) is 12.6. The first-order valence-electron chi connectivity index (χ1n) is 7.97. The summed E-state index contributed by atoms with van der Waals surface area (Å²) >= 11 is 0. The van der Waals surface area contributed by atoms with E-state index < -0.39 is 0 Å². The Hall–Kier alpha value is -2.63. The molecular formula is C18H26N4O2. The summed E-state index contributed by atoms with van der Waals surface area (Å²) < 4.78 is 13.2. The average molecular weight is 330 g/mol. The molecule has 1 aromatic heterocycles. The summed E-state index contributed by atoms with van der Waals surface area (Å²) in [6.07, 6.45) is 4.07. The minimum Gasteiger partial charge on any atom is -0.493 e. The van der Waals surface area contributed by atoms with Crippen molar-refractivity contribution < 1.29 is 9.47 Å². The third-order valence-corrected chi connectivity index (χ3v) is 3.53. The van der Waals surface area contributed by atoms with Crippen molar-refractivity contribution in [2.45, 2.75) is 19.6 Å². The number of aliphatic imine (C=N–C) groups is 1. The van der Waals surface area contributed by atoms with Crippen LogP contribution in [0, 0.1) is 0 Å². The minimum absolute atomic E-state index is 0.0309. The highest BCUT2D eigenvalue weighted by molar-refractivity contribution is 5.79. The molecule has 6 nitrogen and oxygen atoms in total. The Morgan fingerprint density at radius 1 is 1.21 bits per heavy atom. The summed E-state index contributed by atoms with van der Waals surface area (Å²) in [5.41, 5.74) is 1.21. The highest BCUT2D eigenvalue weighted by Gasteiger charge is 2.09. The highest BCUT2D eigenvalue weighted by Crippen LogP contribution is 2.26. The first-order valence-corrected chi connectivity index (χ1v) is 7.97. The van der Waals surface area contributed by atoms with E-state index in [0.717, 1.165) is 24.0 Å². The highest BCUT2D eigenvalue weighted by atomic mass is 16.5. The Morgan fingerprint density at radius 3 is 2.58 bits per heavy atom. The molecule has 0 saturated carbocycles. The number of aryl methyl sites for hydroxylation is 1. The van der Waals surface area contributed by atoms with Gasteiger partial charge in [-0.2, -0.15) is 0 Å². The molecule has 0 amide bonds. The molecule has 6 heteroatoms. The summed E-state index contributed by atoms with van der Waals surface area (Å²) in [7, 11) is 5.40. The standard InChI is InChI=1S/C18H26N4O2/c1-14(24-17-8-6-5-7-16(17)23-4)11-20-18(19-2)21-12-15-9-10-22(3)13-15/h5-10,13-14H,11-12H2,1-4H3,(H2,19,20,21). The van der Waals surface area contributed by atoms with Crippen LogP contribution < -0.4 is 20.1 Å². The number of methoxy groups -OCH3 is 1. The van der Waals surface area contributed by atoms with E-state index in [1.165, 1.54) is 5.56 Å². The minimum atomic E-state index is -0.0309. The van der Waals surface area contributed by atoms with E-state index in [4.69, 9.17) is 9.47 Å². The molecule has 24 heavy (non-hydrogen) atoms. The van der Waals surface area contributed by atoms with Gasteiger partial charge in [-0.25, -0.2) is 0 Å². The third kappa shape index (κ3) is 5.22. The SMILES string of the molecule is CN=C(NCc1ccn(C)c1)NCC(C)Oc1ccccc1OC. The molecule has 0 aliphatic heterocycles. The summed E-state index contributed by atoms with van der Waals surface area (Å²) in [6.45, 7) is 3.36. The van der Waals surface area contributed by atoms with Gasteiger partial charge in [-0.1, -0.05) is 12.1 Å². The molecule has 2 aromatic rings. The molecule has 0 spiro atoms. The van der Waals surface area contributed by atoms with Gasteiger partial charge in [0, 0.05) is 33.0 Å². The fraction of sp³-hybridized carbons (Fsp3) is 0.389. The van der Waals surface area contributed by atoms with Gasteiger partial charge in [-0.05, 0) is 30.7 Å². The van der Waals surface area contributed by atoms with Crippen molar-refractivity contribution in [2.75, 3.05) is 20.7 Å². The maximum Gasteiger partial charge on any atom is 0.191 e. The fourth-order valence-electron chi connectivity index (χ4n) is 2.29. The number of aromatic nitrogens is 1. The van der Waals surface area contributed by atoms with Crippen LogP contribution in [0.3, 0.4) is 0 Å². The van der Waals surface area contributed by atoms with E-state index in [1.54, 1.807) is 14.2 Å². The van der Waals surface area contributed by atoms with Crippen molar-refractivity contribution in [3.63, 3.8) is 0 Å². The Labute approximate surface area is 143 Å². The number of nitrogens with zero attached hydrogens (tertiary/aromatic N) is 2. The lowest BCUT2D eigenvalue weighted by molar-refractivity contribution is 0.213. The van der Waals surface area contributed by atoms with Crippen LogP contribution in [0.15, 0.2) is 47.7 Å². The van der Waals surface area contributed by atoms with Gasteiger partial charge in [0.1, 0.15) is 6.10 Å². The molecule has 0 bridgehead atoms. The summed E-state index contributed by atoms with van der Waals surface area (Å²) in [5.74, 6) is 2.21. The number of hydrogen-bond acceptors (Lipinski definition) is 3. The van der Waals surface area contributed by atoms with Gasteiger partial charge < -0.3 is 24.7 Å². The molecule has 1 atom stereocenters. The summed E-state index contributed by atoms with van der Waals surface area (Å²) in [5, 5.41) is 6.56. The Bertz CT molecular complexity index is 667. The molecule has 2 N–H and O–H groups in total. The van der Waals surface area contributed by atoms with E-state index in [9.17, 15) is 0 Å². The number of benzene rings is 1. The van der Waals surface area contributed by atoms with Crippen LogP contribution in [0.5, 0.6) is 11.5 Å². The average Bonchev–Trinajstić information content (AvgIpc) is 3.01. The van der Waals surface area contributed by atoms with Crippen LogP contribution in [-0.4, -0.2) is 37.3 Å². The number of para-hydroxylation sites is 2. The lowest BCUT2D eigenvalue weighted by Crippen LogP contribution is -2.41. The zero-order chi connectivity index (χ0) is 17.4. The third-order valence-electron chi connectivity index (χ3n) is 3.53. The van der Waals surface area contributed by atoms with Gasteiger partial charge in [0.2, 0.25) is 0 Å². The Kier molecular flexibility index (Phi) is 6.54. The van der Waals surface area contributed by atoms with Gasteiger partial charge in [0.25, 0.3) is 0 Å². The molecule has 0 radical (unpaired) electrons. The maximum absolute atomic E-state index is 5.92. The maximum atomic E-state index is 5.92. The molecule has 1 unspecified atom stereocenters. The molecule has 130 valence electrons. The van der Waals surface area contributed by atoms with Crippen molar-refractivity contribution in [1.82, 2.24) is 15.2 Å². The van der Waals surface area contributed by atoms with E-state index >= 15 is 0 Å². The molecular weight excluding hydrogens is 304 g/mol. The van der Waals surface area contributed by atoms with Crippen LogP contribution >= 0.6 is 0 Å². The van der Waals surface area contributed by atoms with Gasteiger partial charge >= 0.3 is 0 Å². The van der Waals surface area contributed by atoms with E-state index in [1.807, 2.05) is 49.0 Å². The summed E-state index contributed by atoms with van der Waals surface area (Å²) in [6, 6.07) is 9.71. The first-order chi connectivity index (χ1) is 11.6. The van der Waals surface area contributed by atoms with Crippen LogP contribution in [0.1, 0.15) is 12.5 Å². The van der Waals surface area contributed by atoms with Crippen LogP contribution in [0.25, 0.3) is 0 Å². The fourth-order valence-corrected chi connectivity index (χ4v) is 2.29. The van der Waals surface area contributed by atoms with Crippen LogP contribution in [0.2, 0.25) is 0 Å². The molecule has 2 rings (SSSR count). The molecule has 1 aromatic carbocycles. The zero-order valence-corrected chi connectivity index (χ0v) is 14.7. The van der Waals surface area contributed by atoms with E-state index in [2.05, 4.69) is 27.9 Å². The van der Waals surface area contributed by atoms with Gasteiger partial charge in [-0.15, -0.1) is 0 Å². The second kappa shape index (κ2) is 8.86. The number of ether oxygens (including phenoxy) is 2. The van der Waals surface area contributed by atoms with Crippen molar-refractivity contribution >= 4 is 5.96 Å². The lowest BCUT2D eigenvalue weighted by atomic mass is 10.3. The lowest BCUT2D eigenvalue weighted by Gasteiger charge is -2.19. The molecule has 0 aliphatic rings. The number of hydrogen-bond donors (Lipinski definition) is 2. The second-order valence-electron chi connectivity index (χ2n) is 5.57. The second-order valence-corrected chi connectivity index (χ2v) is 5.57. The van der Waals surface area contributed by atoms with Crippen molar-refractivity contribution in [3.8, 4) is 11.5 Å². The predicted molar refractivity (Wildman–Crippen MR) is 96.7 cm³/mol. The monoisotopic (exact) mass is 330 g/mol. The zero-order valence-electron chi connectivity index (χ0n) is 14.7. The number of nitrogens with one attached hydrogen (secondary N) is 2. The van der Waals surface area contributed by atoms with E-state index in [-0.39, 0.29) is 6.10 Å². The predicted octanol–water partition coefficient (Wildman–Crippen LogP) is 2.17. The van der Waals surface area contributed by atoms with Gasteiger partial charge in [0.15, 0.2) is 17.5 Å². The van der Waals surface area contributed by atoms with E-state index in [0.29, 0.717) is 6.54 Å². The van der Waals surface area contributed by atoms with Crippen molar-refractivity contribution in [2.24, 2.45) is 12.0 Å². The van der Waals surface area contributed by atoms with Crippen molar-refractivity contribution in [1.29, 1.82) is 0 Å². The molecule has 0 aliphatic carbocycles. The topological polar surface area (TPSA) is 59.8 Å². The number of rotatable bonds is 7. The van der Waals surface area contributed by atoms with Gasteiger partial charge in [0.05, 0.1) is 13.7 Å². The van der Waals surface area contributed by atoms with Gasteiger partial charge in [-0.3, -0.25) is 4.99 Å². The number of guanidine groups is 1. The first kappa shape index (κ1) is 17.7. The van der Waals surface area contributed by atoms with Crippen LogP contribution in [0.4, 0.5) is 0 Å². The van der Waals surface area contributed by atoms with Crippen molar-refractivity contribution in [3.05, 3.63) is 48.3 Å². The largest absolute Gasteiger partial charge is 0.493 e. The molecule has 0 saturated heterocycles. The smallest absolute Gasteiger partial charge is 0.191 e. The quantitative estimate of drug-likeness (QED) is 0.603. The van der Waals surface area contributed by atoms with Crippen LogP contribution in [-0.2, 0) is 13.6 Å². The summed E-state index contributed by atoms with van der Waals surface area (Å²) in [4.78, 5) is 4.23. The Balaban J connectivity index is 1.79. The molecule has 0 fully saturated rings. The molecule has 1 heterocycles.